The molecule has 1 unspecified atom stereocenters. The zero-order chi connectivity index (χ0) is 18.0. The monoisotopic (exact) mass is 340 g/mol. The molecule has 0 radical (unpaired) electrons. The van der Waals surface area contributed by atoms with Gasteiger partial charge in [0.05, 0.1) is 5.39 Å². The number of aromatic nitrogens is 3. The van der Waals surface area contributed by atoms with Crippen LogP contribution in [0.1, 0.15) is 19.9 Å². The molecule has 7 heteroatoms. The Morgan fingerprint density at radius 1 is 1.12 bits per heavy atom. The highest BCUT2D eigenvalue weighted by Gasteiger charge is 2.27. The molecule has 1 amide bonds. The Balaban J connectivity index is 1.98. The van der Waals surface area contributed by atoms with E-state index < -0.39 is 17.8 Å². The molecule has 1 atom stereocenters. The maximum atomic E-state index is 13.0. The summed E-state index contributed by atoms with van der Waals surface area (Å²) in [6, 6.07) is 11.4. The number of rotatable bonds is 4. The number of nitrogens with zero attached hydrogens (tertiary/aromatic N) is 3. The summed E-state index contributed by atoms with van der Waals surface area (Å²) >= 11 is 0. The van der Waals surface area contributed by atoms with Crippen molar-refractivity contribution >= 4 is 22.5 Å². The van der Waals surface area contributed by atoms with E-state index in [1.54, 1.807) is 24.3 Å². The van der Waals surface area contributed by atoms with E-state index in [2.05, 4.69) is 15.6 Å². The van der Waals surface area contributed by atoms with Gasteiger partial charge in [0.25, 0.3) is 5.56 Å². The van der Waals surface area contributed by atoms with Crippen LogP contribution in [0.3, 0.4) is 0 Å². The Morgan fingerprint density at radius 2 is 1.80 bits per heavy atom. The van der Waals surface area contributed by atoms with Crippen molar-refractivity contribution < 1.29 is 9.18 Å². The second-order valence-corrected chi connectivity index (χ2v) is 6.04. The zero-order valence-corrected chi connectivity index (χ0v) is 13.8. The van der Waals surface area contributed by atoms with E-state index in [1.165, 1.54) is 24.3 Å². The van der Waals surface area contributed by atoms with Crippen LogP contribution in [0, 0.1) is 11.7 Å². The third kappa shape index (κ3) is 3.40. The van der Waals surface area contributed by atoms with Gasteiger partial charge in [0.2, 0.25) is 5.91 Å². The Hall–Kier alpha value is -3.09. The topological polar surface area (TPSA) is 76.9 Å². The van der Waals surface area contributed by atoms with Crippen LogP contribution in [0.2, 0.25) is 0 Å². The minimum atomic E-state index is -0.838. The van der Waals surface area contributed by atoms with Crippen molar-refractivity contribution in [1.29, 1.82) is 0 Å². The van der Waals surface area contributed by atoms with E-state index in [0.29, 0.717) is 16.6 Å². The summed E-state index contributed by atoms with van der Waals surface area (Å²) in [5, 5.41) is 11.1. The first-order valence-electron chi connectivity index (χ1n) is 7.88. The molecule has 0 saturated carbocycles. The van der Waals surface area contributed by atoms with Crippen molar-refractivity contribution in [3.63, 3.8) is 0 Å². The van der Waals surface area contributed by atoms with Gasteiger partial charge in [-0.15, -0.1) is 5.10 Å². The van der Waals surface area contributed by atoms with Gasteiger partial charge >= 0.3 is 0 Å². The number of nitrogens with one attached hydrogen (secondary N) is 1. The predicted octanol–water partition coefficient (Wildman–Crippen LogP) is 2.77. The molecule has 1 aromatic heterocycles. The third-order valence-electron chi connectivity index (χ3n) is 3.87. The number of anilines is 1. The molecule has 0 spiro atoms. The molecular formula is C18H17FN4O2. The summed E-state index contributed by atoms with van der Waals surface area (Å²) in [7, 11) is 0. The highest BCUT2D eigenvalue weighted by Crippen LogP contribution is 2.19. The summed E-state index contributed by atoms with van der Waals surface area (Å²) < 4.78 is 14.1. The van der Waals surface area contributed by atoms with Crippen LogP contribution >= 0.6 is 0 Å². The maximum absolute atomic E-state index is 13.0. The van der Waals surface area contributed by atoms with E-state index in [9.17, 15) is 14.0 Å². The van der Waals surface area contributed by atoms with Gasteiger partial charge in [0, 0.05) is 5.69 Å². The van der Waals surface area contributed by atoms with Crippen molar-refractivity contribution in [3.8, 4) is 0 Å². The van der Waals surface area contributed by atoms with Gasteiger partial charge in [-0.3, -0.25) is 9.59 Å². The molecule has 0 fully saturated rings. The molecule has 6 nitrogen and oxygen atoms in total. The zero-order valence-electron chi connectivity index (χ0n) is 13.8. The van der Waals surface area contributed by atoms with Crippen LogP contribution in [0.4, 0.5) is 10.1 Å². The molecule has 0 aliphatic rings. The van der Waals surface area contributed by atoms with E-state index >= 15 is 0 Å². The summed E-state index contributed by atoms with van der Waals surface area (Å²) in [6.07, 6.45) is 0. The number of carbonyl (C=O) groups is 1. The van der Waals surface area contributed by atoms with Gasteiger partial charge < -0.3 is 5.32 Å². The van der Waals surface area contributed by atoms with Crippen LogP contribution in [0.15, 0.2) is 53.3 Å². The van der Waals surface area contributed by atoms with Crippen molar-refractivity contribution in [3.05, 3.63) is 64.7 Å². The predicted molar refractivity (Wildman–Crippen MR) is 92.7 cm³/mol. The van der Waals surface area contributed by atoms with E-state index in [4.69, 9.17) is 0 Å². The molecule has 0 aliphatic carbocycles. The van der Waals surface area contributed by atoms with Gasteiger partial charge in [0.1, 0.15) is 17.4 Å². The number of hydrogen-bond donors (Lipinski definition) is 1. The standard InChI is InChI=1S/C18H17FN4O2/c1-11(2)16(17(24)20-13-9-7-12(19)8-10-13)23-18(25)14-5-3-4-6-15(14)21-22-23/h3-11,16H,1-2H3,(H,20,24). The van der Waals surface area contributed by atoms with E-state index in [-0.39, 0.29) is 11.5 Å². The first kappa shape index (κ1) is 16.8. The van der Waals surface area contributed by atoms with Crippen molar-refractivity contribution in [2.24, 2.45) is 5.92 Å². The van der Waals surface area contributed by atoms with Crippen molar-refractivity contribution in [1.82, 2.24) is 15.0 Å². The quantitative estimate of drug-likeness (QED) is 0.792. The average Bonchev–Trinajstić information content (AvgIpc) is 2.59. The number of fused-ring (bicyclic) bond motifs is 1. The normalized spacial score (nSPS) is 12.3. The summed E-state index contributed by atoms with van der Waals surface area (Å²) in [6.45, 7) is 3.64. The Kier molecular flexibility index (Phi) is 4.56. The lowest BCUT2D eigenvalue weighted by Gasteiger charge is -2.21. The first-order chi connectivity index (χ1) is 12.0. The molecule has 3 rings (SSSR count). The molecule has 0 bridgehead atoms. The lowest BCUT2D eigenvalue weighted by Crippen LogP contribution is -2.38. The minimum Gasteiger partial charge on any atom is -0.324 e. The summed E-state index contributed by atoms with van der Waals surface area (Å²) in [5.74, 6) is -1.00. The van der Waals surface area contributed by atoms with Gasteiger partial charge in [-0.25, -0.2) is 4.39 Å². The number of carbonyl (C=O) groups excluding carboxylic acids is 1. The Bertz CT molecular complexity index is 967. The fraction of sp³-hybridized carbons (Fsp3) is 0.222. The van der Waals surface area contributed by atoms with Crippen LogP contribution < -0.4 is 10.9 Å². The lowest BCUT2D eigenvalue weighted by atomic mass is 10.0. The smallest absolute Gasteiger partial charge is 0.278 e. The lowest BCUT2D eigenvalue weighted by molar-refractivity contribution is -0.120. The first-order valence-corrected chi connectivity index (χ1v) is 7.88. The number of hydrogen-bond acceptors (Lipinski definition) is 4. The summed E-state index contributed by atoms with van der Waals surface area (Å²) in [5.41, 5.74) is 0.544. The number of benzene rings is 2. The molecule has 0 aliphatic heterocycles. The molecule has 3 aromatic rings. The molecule has 128 valence electrons. The number of amides is 1. The molecular weight excluding hydrogens is 323 g/mol. The Labute approximate surface area is 143 Å². The highest BCUT2D eigenvalue weighted by atomic mass is 19.1. The van der Waals surface area contributed by atoms with Gasteiger partial charge in [-0.1, -0.05) is 31.2 Å². The van der Waals surface area contributed by atoms with E-state index in [1.807, 2.05) is 13.8 Å². The minimum absolute atomic E-state index is 0.200. The van der Waals surface area contributed by atoms with Crippen LogP contribution in [-0.4, -0.2) is 20.9 Å². The fourth-order valence-electron chi connectivity index (χ4n) is 2.63. The largest absolute Gasteiger partial charge is 0.324 e. The number of halogens is 1. The average molecular weight is 340 g/mol. The molecule has 1 N–H and O–H groups in total. The van der Waals surface area contributed by atoms with Gasteiger partial charge in [0.15, 0.2) is 0 Å². The van der Waals surface area contributed by atoms with Crippen LogP contribution in [0.5, 0.6) is 0 Å². The van der Waals surface area contributed by atoms with Crippen LogP contribution in [-0.2, 0) is 4.79 Å². The maximum Gasteiger partial charge on any atom is 0.278 e. The molecule has 0 saturated heterocycles. The molecule has 25 heavy (non-hydrogen) atoms. The summed E-state index contributed by atoms with van der Waals surface area (Å²) in [4.78, 5) is 25.4. The van der Waals surface area contributed by atoms with Crippen LogP contribution in [0.25, 0.3) is 10.9 Å². The second-order valence-electron chi connectivity index (χ2n) is 6.04. The van der Waals surface area contributed by atoms with Gasteiger partial charge in [-0.05, 0) is 42.3 Å². The molecule has 1 heterocycles. The van der Waals surface area contributed by atoms with Crippen molar-refractivity contribution in [2.45, 2.75) is 19.9 Å². The molecule has 2 aromatic carbocycles. The fourth-order valence-corrected chi connectivity index (χ4v) is 2.63. The van der Waals surface area contributed by atoms with Crippen molar-refractivity contribution in [2.75, 3.05) is 5.32 Å². The SMILES string of the molecule is CC(C)C(C(=O)Nc1ccc(F)cc1)n1nnc2ccccc2c1=O. The third-order valence-corrected chi connectivity index (χ3v) is 3.87. The Morgan fingerprint density at radius 3 is 2.48 bits per heavy atom. The van der Waals surface area contributed by atoms with Gasteiger partial charge in [-0.2, -0.15) is 4.68 Å². The second kappa shape index (κ2) is 6.80. The highest BCUT2D eigenvalue weighted by molar-refractivity contribution is 5.94. The van der Waals surface area contributed by atoms with E-state index in [0.717, 1.165) is 4.68 Å².